The predicted octanol–water partition coefficient (Wildman–Crippen LogP) is 4.09. The third-order valence-corrected chi connectivity index (χ3v) is 5.48. The number of benzene rings is 1. The SMILES string of the molecule is Cn1cc2c3c(cccc31)CN(C(=O)c1ccc(Cl)s1)CC2. The van der Waals surface area contributed by atoms with Gasteiger partial charge in [-0.05, 0) is 35.7 Å². The molecule has 5 heteroatoms. The van der Waals surface area contributed by atoms with E-state index in [9.17, 15) is 4.79 Å². The zero-order valence-electron chi connectivity index (χ0n) is 12.2. The van der Waals surface area contributed by atoms with Gasteiger partial charge in [-0.3, -0.25) is 4.79 Å². The van der Waals surface area contributed by atoms with Crippen LogP contribution in [0.15, 0.2) is 36.5 Å². The van der Waals surface area contributed by atoms with Crippen molar-refractivity contribution in [2.75, 3.05) is 6.54 Å². The summed E-state index contributed by atoms with van der Waals surface area (Å²) in [5.74, 6) is 0.0726. The molecule has 3 heterocycles. The van der Waals surface area contributed by atoms with Gasteiger partial charge in [0.15, 0.2) is 0 Å². The fourth-order valence-electron chi connectivity index (χ4n) is 3.24. The van der Waals surface area contributed by atoms with Crippen LogP contribution in [0.1, 0.15) is 20.8 Å². The van der Waals surface area contributed by atoms with Crippen molar-refractivity contribution in [2.45, 2.75) is 13.0 Å². The molecule has 4 rings (SSSR count). The Labute approximate surface area is 137 Å². The van der Waals surface area contributed by atoms with Crippen molar-refractivity contribution in [3.05, 3.63) is 56.9 Å². The third kappa shape index (κ3) is 2.14. The van der Waals surface area contributed by atoms with Gasteiger partial charge in [0.1, 0.15) is 0 Å². The summed E-state index contributed by atoms with van der Waals surface area (Å²) in [5.41, 5.74) is 3.79. The van der Waals surface area contributed by atoms with Crippen LogP contribution in [0.3, 0.4) is 0 Å². The van der Waals surface area contributed by atoms with Gasteiger partial charge in [-0.1, -0.05) is 23.7 Å². The molecule has 2 aromatic heterocycles. The number of rotatable bonds is 1. The lowest BCUT2D eigenvalue weighted by Crippen LogP contribution is -2.30. The Morgan fingerprint density at radius 2 is 2.09 bits per heavy atom. The molecule has 112 valence electrons. The van der Waals surface area contributed by atoms with Crippen LogP contribution in [0.4, 0.5) is 0 Å². The Bertz CT molecular complexity index is 880. The fraction of sp³-hybridized carbons (Fsp3) is 0.235. The summed E-state index contributed by atoms with van der Waals surface area (Å²) in [6.07, 6.45) is 3.07. The Morgan fingerprint density at radius 1 is 1.23 bits per heavy atom. The number of carbonyl (C=O) groups excluding carboxylic acids is 1. The van der Waals surface area contributed by atoms with Crippen LogP contribution >= 0.6 is 22.9 Å². The first kappa shape index (κ1) is 13.9. The van der Waals surface area contributed by atoms with Gasteiger partial charge < -0.3 is 9.47 Å². The molecule has 0 unspecified atom stereocenters. The van der Waals surface area contributed by atoms with Crippen LogP contribution in [0.5, 0.6) is 0 Å². The fourth-order valence-corrected chi connectivity index (χ4v) is 4.25. The van der Waals surface area contributed by atoms with E-state index in [4.69, 9.17) is 11.6 Å². The van der Waals surface area contributed by atoms with E-state index in [1.54, 1.807) is 6.07 Å². The number of amides is 1. The lowest BCUT2D eigenvalue weighted by molar-refractivity contribution is 0.0752. The summed E-state index contributed by atoms with van der Waals surface area (Å²) in [6, 6.07) is 9.93. The maximum absolute atomic E-state index is 12.7. The summed E-state index contributed by atoms with van der Waals surface area (Å²) in [5, 5.41) is 1.31. The number of aromatic nitrogens is 1. The van der Waals surface area contributed by atoms with E-state index in [2.05, 4.69) is 36.0 Å². The number of nitrogens with zero attached hydrogens (tertiary/aromatic N) is 2. The summed E-state index contributed by atoms with van der Waals surface area (Å²) in [7, 11) is 2.08. The normalized spacial score (nSPS) is 14.4. The lowest BCUT2D eigenvalue weighted by atomic mass is 10.1. The molecule has 3 aromatic rings. The Kier molecular flexibility index (Phi) is 3.24. The number of halogens is 1. The van der Waals surface area contributed by atoms with Crippen LogP contribution < -0.4 is 0 Å². The zero-order valence-corrected chi connectivity index (χ0v) is 13.7. The average Bonchev–Trinajstić information content (AvgIpc) is 3.02. The summed E-state index contributed by atoms with van der Waals surface area (Å²) in [4.78, 5) is 15.3. The first-order valence-corrected chi connectivity index (χ1v) is 8.43. The molecule has 0 atom stereocenters. The molecule has 0 bridgehead atoms. The zero-order chi connectivity index (χ0) is 15.3. The molecule has 1 aromatic carbocycles. The average molecular weight is 331 g/mol. The molecular weight excluding hydrogens is 316 g/mol. The molecule has 0 saturated heterocycles. The minimum atomic E-state index is 0.0726. The molecule has 0 aliphatic carbocycles. The van der Waals surface area contributed by atoms with Gasteiger partial charge in [-0.2, -0.15) is 0 Å². The molecule has 1 amide bonds. The molecule has 0 radical (unpaired) electrons. The highest BCUT2D eigenvalue weighted by Crippen LogP contribution is 2.30. The molecule has 0 saturated carbocycles. The monoisotopic (exact) mass is 330 g/mol. The van der Waals surface area contributed by atoms with E-state index < -0.39 is 0 Å². The first-order valence-electron chi connectivity index (χ1n) is 7.24. The Balaban J connectivity index is 1.73. The molecule has 0 spiro atoms. The van der Waals surface area contributed by atoms with Crippen LogP contribution in [0, 0.1) is 0 Å². The minimum Gasteiger partial charge on any atom is -0.350 e. The van der Waals surface area contributed by atoms with Gasteiger partial charge in [-0.15, -0.1) is 11.3 Å². The van der Waals surface area contributed by atoms with Gasteiger partial charge in [-0.25, -0.2) is 0 Å². The smallest absolute Gasteiger partial charge is 0.264 e. The van der Waals surface area contributed by atoms with Crippen molar-refractivity contribution in [1.29, 1.82) is 0 Å². The van der Waals surface area contributed by atoms with E-state index in [-0.39, 0.29) is 5.91 Å². The van der Waals surface area contributed by atoms with Crippen LogP contribution in [0.2, 0.25) is 4.34 Å². The second kappa shape index (κ2) is 5.14. The minimum absolute atomic E-state index is 0.0726. The predicted molar refractivity (Wildman–Crippen MR) is 90.7 cm³/mol. The molecule has 0 fully saturated rings. The van der Waals surface area contributed by atoms with Gasteiger partial charge in [0.05, 0.1) is 9.21 Å². The van der Waals surface area contributed by atoms with E-state index >= 15 is 0 Å². The van der Waals surface area contributed by atoms with Crippen molar-refractivity contribution in [3.8, 4) is 0 Å². The molecule has 1 aliphatic rings. The van der Waals surface area contributed by atoms with Gasteiger partial charge in [0.2, 0.25) is 0 Å². The molecule has 22 heavy (non-hydrogen) atoms. The Morgan fingerprint density at radius 3 is 2.86 bits per heavy atom. The van der Waals surface area contributed by atoms with Crippen molar-refractivity contribution in [1.82, 2.24) is 9.47 Å². The number of hydrogen-bond donors (Lipinski definition) is 0. The lowest BCUT2D eigenvalue weighted by Gasteiger charge is -2.20. The van der Waals surface area contributed by atoms with Gasteiger partial charge >= 0.3 is 0 Å². The standard InChI is InChI=1S/C17H15ClN2OS/c1-19-9-12-7-8-20(17(21)14-5-6-15(18)22-14)10-11-3-2-4-13(19)16(11)12/h2-6,9H,7-8,10H2,1H3. The highest BCUT2D eigenvalue weighted by atomic mass is 35.5. The van der Waals surface area contributed by atoms with Crippen LogP contribution in [0.25, 0.3) is 10.9 Å². The van der Waals surface area contributed by atoms with E-state index in [1.165, 1.54) is 33.4 Å². The first-order chi connectivity index (χ1) is 10.6. The molecule has 3 nitrogen and oxygen atoms in total. The maximum Gasteiger partial charge on any atom is 0.264 e. The van der Waals surface area contributed by atoms with Crippen LogP contribution in [-0.2, 0) is 20.0 Å². The van der Waals surface area contributed by atoms with Crippen molar-refractivity contribution < 1.29 is 4.79 Å². The van der Waals surface area contributed by atoms with Crippen molar-refractivity contribution >= 4 is 39.7 Å². The summed E-state index contributed by atoms with van der Waals surface area (Å²) >= 11 is 7.31. The topological polar surface area (TPSA) is 25.2 Å². The third-order valence-electron chi connectivity index (χ3n) is 4.26. The van der Waals surface area contributed by atoms with Gasteiger partial charge in [0.25, 0.3) is 5.91 Å². The van der Waals surface area contributed by atoms with E-state index in [0.29, 0.717) is 15.8 Å². The second-order valence-corrected chi connectivity index (χ2v) is 7.37. The van der Waals surface area contributed by atoms with Crippen molar-refractivity contribution in [3.63, 3.8) is 0 Å². The highest BCUT2D eigenvalue weighted by Gasteiger charge is 2.23. The van der Waals surface area contributed by atoms with Gasteiger partial charge in [0, 0.05) is 37.2 Å². The second-order valence-electron chi connectivity index (χ2n) is 5.66. The maximum atomic E-state index is 12.7. The highest BCUT2D eigenvalue weighted by molar-refractivity contribution is 7.17. The molecule has 1 aliphatic heterocycles. The van der Waals surface area contributed by atoms with E-state index in [0.717, 1.165) is 13.0 Å². The Hall–Kier alpha value is -1.78. The molecule has 0 N–H and O–H groups in total. The number of thiophene rings is 1. The summed E-state index contributed by atoms with van der Waals surface area (Å²) < 4.78 is 2.83. The largest absolute Gasteiger partial charge is 0.350 e. The number of carbonyl (C=O) groups is 1. The number of hydrogen-bond acceptors (Lipinski definition) is 2. The molecular formula is C17H15ClN2OS. The quantitative estimate of drug-likeness (QED) is 0.659. The summed E-state index contributed by atoms with van der Waals surface area (Å²) in [6.45, 7) is 1.39. The van der Waals surface area contributed by atoms with E-state index in [1.807, 2.05) is 11.0 Å². The number of aryl methyl sites for hydroxylation is 1. The van der Waals surface area contributed by atoms with Crippen molar-refractivity contribution in [2.24, 2.45) is 7.05 Å². The van der Waals surface area contributed by atoms with Crippen LogP contribution in [-0.4, -0.2) is 21.9 Å².